The molecule has 70 valence electrons. The lowest BCUT2D eigenvalue weighted by Crippen LogP contribution is -2.29. The molecule has 0 radical (unpaired) electrons. The summed E-state index contributed by atoms with van der Waals surface area (Å²) in [5, 5.41) is 10.6. The summed E-state index contributed by atoms with van der Waals surface area (Å²) < 4.78 is 1.83. The average Bonchev–Trinajstić information content (AvgIpc) is 2.43. The normalized spacial score (nSPS) is 10.4. The van der Waals surface area contributed by atoms with E-state index in [-0.39, 0.29) is 0 Å². The molecule has 1 N–H and O–H groups in total. The number of rotatable bonds is 3. The molecule has 0 saturated carbocycles. The van der Waals surface area contributed by atoms with Crippen LogP contribution in [0.3, 0.4) is 0 Å². The number of aromatic nitrogens is 1. The van der Waals surface area contributed by atoms with Gasteiger partial charge in [-0.2, -0.15) is 5.26 Å². The lowest BCUT2D eigenvalue weighted by Gasteiger charge is -2.09. The summed E-state index contributed by atoms with van der Waals surface area (Å²) in [4.78, 5) is 0. The molecular formula is C9H14N4. The molecule has 0 aliphatic carbocycles. The van der Waals surface area contributed by atoms with Gasteiger partial charge in [0, 0.05) is 33.9 Å². The zero-order chi connectivity index (χ0) is 9.84. The SMILES string of the molecule is CN(C)NCc1cc(C#N)n(C)c1. The number of hydrogen-bond acceptors (Lipinski definition) is 3. The van der Waals surface area contributed by atoms with Crippen LogP contribution in [0, 0.1) is 11.3 Å². The largest absolute Gasteiger partial charge is 0.342 e. The summed E-state index contributed by atoms with van der Waals surface area (Å²) in [6.45, 7) is 0.752. The van der Waals surface area contributed by atoms with Gasteiger partial charge >= 0.3 is 0 Å². The molecule has 1 aromatic rings. The summed E-state index contributed by atoms with van der Waals surface area (Å²) >= 11 is 0. The molecule has 0 atom stereocenters. The fraction of sp³-hybridized carbons (Fsp3) is 0.444. The Kier molecular flexibility index (Phi) is 3.07. The Balaban J connectivity index is 2.64. The number of aryl methyl sites for hydroxylation is 1. The zero-order valence-corrected chi connectivity index (χ0v) is 8.20. The summed E-state index contributed by atoms with van der Waals surface area (Å²) in [7, 11) is 5.75. The van der Waals surface area contributed by atoms with Gasteiger partial charge in [0.1, 0.15) is 11.8 Å². The van der Waals surface area contributed by atoms with E-state index in [1.165, 1.54) is 0 Å². The third kappa shape index (κ3) is 2.58. The smallest absolute Gasteiger partial charge is 0.120 e. The Morgan fingerprint density at radius 3 is 2.77 bits per heavy atom. The van der Waals surface area contributed by atoms with Crippen LogP contribution >= 0.6 is 0 Å². The van der Waals surface area contributed by atoms with E-state index in [0.29, 0.717) is 5.69 Å². The molecule has 0 unspecified atom stereocenters. The van der Waals surface area contributed by atoms with Crippen molar-refractivity contribution in [3.05, 3.63) is 23.5 Å². The number of nitrogens with one attached hydrogen (secondary N) is 1. The first-order chi connectivity index (χ1) is 6.13. The molecule has 0 amide bonds. The van der Waals surface area contributed by atoms with Gasteiger partial charge in [-0.05, 0) is 11.6 Å². The van der Waals surface area contributed by atoms with Gasteiger partial charge in [-0.3, -0.25) is 10.4 Å². The average molecular weight is 178 g/mol. The quantitative estimate of drug-likeness (QED) is 0.684. The van der Waals surface area contributed by atoms with Gasteiger partial charge < -0.3 is 4.57 Å². The molecule has 4 heteroatoms. The number of hydrazine groups is 1. The molecule has 1 rings (SSSR count). The highest BCUT2D eigenvalue weighted by molar-refractivity contribution is 5.28. The third-order valence-electron chi connectivity index (χ3n) is 1.78. The third-order valence-corrected chi connectivity index (χ3v) is 1.78. The second-order valence-corrected chi connectivity index (χ2v) is 3.19. The van der Waals surface area contributed by atoms with Crippen LogP contribution in [0.2, 0.25) is 0 Å². The van der Waals surface area contributed by atoms with Crippen LogP contribution in [-0.4, -0.2) is 23.7 Å². The van der Waals surface area contributed by atoms with Crippen LogP contribution in [0.15, 0.2) is 12.3 Å². The van der Waals surface area contributed by atoms with Crippen molar-refractivity contribution in [1.29, 1.82) is 5.26 Å². The molecule has 0 fully saturated rings. The van der Waals surface area contributed by atoms with Gasteiger partial charge in [0.15, 0.2) is 0 Å². The maximum atomic E-state index is 8.71. The highest BCUT2D eigenvalue weighted by atomic mass is 15.5. The lowest BCUT2D eigenvalue weighted by atomic mass is 10.3. The van der Waals surface area contributed by atoms with Crippen molar-refractivity contribution in [3.8, 4) is 6.07 Å². The van der Waals surface area contributed by atoms with E-state index >= 15 is 0 Å². The molecule has 0 aliphatic heterocycles. The Bertz CT molecular complexity index is 319. The predicted molar refractivity (Wildman–Crippen MR) is 50.7 cm³/mol. The number of nitriles is 1. The van der Waals surface area contributed by atoms with Crippen LogP contribution in [0.4, 0.5) is 0 Å². The van der Waals surface area contributed by atoms with E-state index in [1.54, 1.807) is 0 Å². The molecule has 0 aromatic carbocycles. The first kappa shape index (κ1) is 9.78. The van der Waals surface area contributed by atoms with Crippen LogP contribution in [0.1, 0.15) is 11.3 Å². The Hall–Kier alpha value is -1.31. The van der Waals surface area contributed by atoms with Gasteiger partial charge in [-0.15, -0.1) is 0 Å². The first-order valence-electron chi connectivity index (χ1n) is 4.09. The van der Waals surface area contributed by atoms with E-state index in [4.69, 9.17) is 5.26 Å². The molecule has 0 bridgehead atoms. The maximum Gasteiger partial charge on any atom is 0.120 e. The van der Waals surface area contributed by atoms with Gasteiger partial charge in [0.2, 0.25) is 0 Å². The lowest BCUT2D eigenvalue weighted by molar-refractivity contribution is 0.286. The standard InChI is InChI=1S/C9H14N4/c1-12(2)11-6-8-4-9(5-10)13(3)7-8/h4,7,11H,6H2,1-3H3. The molecule has 1 heterocycles. The molecule has 1 aromatic heterocycles. The minimum absolute atomic E-state index is 0.690. The second-order valence-electron chi connectivity index (χ2n) is 3.19. The minimum atomic E-state index is 0.690. The zero-order valence-electron chi connectivity index (χ0n) is 8.20. The molecule has 0 spiro atoms. The van der Waals surface area contributed by atoms with Gasteiger partial charge in [0.25, 0.3) is 0 Å². The predicted octanol–water partition coefficient (Wildman–Crippen LogP) is 0.463. The van der Waals surface area contributed by atoms with Crippen molar-refractivity contribution in [2.24, 2.45) is 7.05 Å². The maximum absolute atomic E-state index is 8.71. The Morgan fingerprint density at radius 1 is 1.62 bits per heavy atom. The summed E-state index contributed by atoms with van der Waals surface area (Å²) in [6.07, 6.45) is 1.95. The van der Waals surface area contributed by atoms with Crippen molar-refractivity contribution in [2.75, 3.05) is 14.1 Å². The van der Waals surface area contributed by atoms with Gasteiger partial charge in [0.05, 0.1) is 0 Å². The summed E-state index contributed by atoms with van der Waals surface area (Å²) in [6, 6.07) is 4.01. The second kappa shape index (κ2) is 4.08. The number of nitrogens with zero attached hydrogens (tertiary/aromatic N) is 3. The van der Waals surface area contributed by atoms with E-state index in [1.807, 2.05) is 43.0 Å². The fourth-order valence-corrected chi connectivity index (χ4v) is 1.09. The van der Waals surface area contributed by atoms with Crippen molar-refractivity contribution in [2.45, 2.75) is 6.54 Å². The van der Waals surface area contributed by atoms with E-state index in [9.17, 15) is 0 Å². The molecule has 13 heavy (non-hydrogen) atoms. The van der Waals surface area contributed by atoms with Gasteiger partial charge in [-0.25, -0.2) is 0 Å². The fourth-order valence-electron chi connectivity index (χ4n) is 1.09. The van der Waals surface area contributed by atoms with E-state index < -0.39 is 0 Å². The summed E-state index contributed by atoms with van der Waals surface area (Å²) in [5.74, 6) is 0. The Labute approximate surface area is 78.3 Å². The van der Waals surface area contributed by atoms with Crippen molar-refractivity contribution in [1.82, 2.24) is 15.0 Å². The highest BCUT2D eigenvalue weighted by Gasteiger charge is 2.01. The minimum Gasteiger partial charge on any atom is -0.342 e. The Morgan fingerprint density at radius 2 is 2.31 bits per heavy atom. The van der Waals surface area contributed by atoms with Crippen LogP contribution in [-0.2, 0) is 13.6 Å². The summed E-state index contributed by atoms with van der Waals surface area (Å²) in [5.41, 5.74) is 4.95. The first-order valence-corrected chi connectivity index (χ1v) is 4.09. The van der Waals surface area contributed by atoms with Crippen LogP contribution in [0.25, 0.3) is 0 Å². The van der Waals surface area contributed by atoms with Crippen molar-refractivity contribution in [3.63, 3.8) is 0 Å². The monoisotopic (exact) mass is 178 g/mol. The van der Waals surface area contributed by atoms with Gasteiger partial charge in [-0.1, -0.05) is 0 Å². The number of hydrogen-bond donors (Lipinski definition) is 1. The molecule has 4 nitrogen and oxygen atoms in total. The molecule has 0 aliphatic rings. The highest BCUT2D eigenvalue weighted by Crippen LogP contribution is 2.05. The van der Waals surface area contributed by atoms with Crippen molar-refractivity contribution < 1.29 is 0 Å². The van der Waals surface area contributed by atoms with Crippen LogP contribution in [0.5, 0.6) is 0 Å². The molecule has 0 saturated heterocycles. The van der Waals surface area contributed by atoms with Crippen molar-refractivity contribution >= 4 is 0 Å². The van der Waals surface area contributed by atoms with E-state index in [0.717, 1.165) is 12.1 Å². The van der Waals surface area contributed by atoms with E-state index in [2.05, 4.69) is 11.5 Å². The van der Waals surface area contributed by atoms with Crippen LogP contribution < -0.4 is 5.43 Å². The molecular weight excluding hydrogens is 164 g/mol. The topological polar surface area (TPSA) is 44.0 Å².